The van der Waals surface area contributed by atoms with Crippen LogP contribution in [0.5, 0.6) is 5.75 Å². The van der Waals surface area contributed by atoms with Gasteiger partial charge in [-0.2, -0.15) is 5.10 Å². The second kappa shape index (κ2) is 10.9. The fourth-order valence-electron chi connectivity index (χ4n) is 5.22. The predicted octanol–water partition coefficient (Wildman–Crippen LogP) is 6.80. The predicted molar refractivity (Wildman–Crippen MR) is 156 cm³/mol. The first-order valence-electron chi connectivity index (χ1n) is 13.3. The summed E-state index contributed by atoms with van der Waals surface area (Å²) in [5, 5.41) is 5.66. The number of benzene rings is 1. The van der Waals surface area contributed by atoms with Gasteiger partial charge in [0.05, 0.1) is 23.6 Å². The number of hydrogen-bond acceptors (Lipinski definition) is 6. The van der Waals surface area contributed by atoms with E-state index < -0.39 is 0 Å². The largest absolute Gasteiger partial charge is 0.485 e. The van der Waals surface area contributed by atoms with Crippen LogP contribution in [0.25, 0.3) is 33.8 Å². The molecule has 1 saturated heterocycles. The van der Waals surface area contributed by atoms with Crippen LogP contribution in [0.15, 0.2) is 59.9 Å². The maximum Gasteiger partial charge on any atom is 0.162 e. The van der Waals surface area contributed by atoms with Crippen LogP contribution in [-0.4, -0.2) is 56.6 Å². The van der Waals surface area contributed by atoms with E-state index in [1.165, 1.54) is 19.3 Å². The first kappa shape index (κ1) is 25.8. The average Bonchev–Trinajstić information content (AvgIpc) is 3.30. The summed E-state index contributed by atoms with van der Waals surface area (Å²) >= 11 is 0. The SMILES string of the molecule is C=Nc1c(-c2cccc3nc(C)ccc23)cnn1/C=C(\C)c1ccc(OC(C)(C)CN2CCCCC2)cn1. The standard InChI is InChI=1S/C31H36N6O/c1-22(28-15-13-24(18-33-28)38-31(3,4)21-36-16-7-6-8-17-36)20-37-30(32-5)27(19-34-37)25-10-9-11-29-26(25)14-12-23(2)35-29/h9-15,18-20H,5-8,16-17,21H2,1-4H3/b22-20+. The maximum absolute atomic E-state index is 6.32. The minimum Gasteiger partial charge on any atom is -0.485 e. The second-order valence-electron chi connectivity index (χ2n) is 10.7. The lowest BCUT2D eigenvalue weighted by Crippen LogP contribution is -2.44. The third kappa shape index (κ3) is 5.68. The number of aromatic nitrogens is 4. The molecule has 0 aliphatic carbocycles. The lowest BCUT2D eigenvalue weighted by molar-refractivity contribution is 0.0517. The zero-order chi connectivity index (χ0) is 26.7. The molecule has 4 heterocycles. The Balaban J connectivity index is 1.35. The van der Waals surface area contributed by atoms with Crippen LogP contribution in [0.3, 0.4) is 0 Å². The van der Waals surface area contributed by atoms with Gasteiger partial charge in [0.2, 0.25) is 0 Å². The van der Waals surface area contributed by atoms with Gasteiger partial charge in [-0.05, 0) is 95.7 Å². The third-order valence-electron chi connectivity index (χ3n) is 6.98. The molecule has 1 fully saturated rings. The average molecular weight is 509 g/mol. The van der Waals surface area contributed by atoms with Gasteiger partial charge in [0, 0.05) is 29.4 Å². The van der Waals surface area contributed by atoms with Gasteiger partial charge < -0.3 is 4.74 Å². The lowest BCUT2D eigenvalue weighted by Gasteiger charge is -2.35. The number of aryl methyl sites for hydroxylation is 1. The van der Waals surface area contributed by atoms with Crippen LogP contribution in [0.2, 0.25) is 0 Å². The Hall–Kier alpha value is -3.84. The van der Waals surface area contributed by atoms with Crippen molar-refractivity contribution in [2.24, 2.45) is 4.99 Å². The van der Waals surface area contributed by atoms with E-state index in [-0.39, 0.29) is 5.60 Å². The van der Waals surface area contributed by atoms with Crippen molar-refractivity contribution in [2.45, 2.75) is 52.6 Å². The number of likely N-dealkylation sites (tertiary alicyclic amines) is 1. The number of rotatable bonds is 8. The Morgan fingerprint density at radius 3 is 2.61 bits per heavy atom. The highest BCUT2D eigenvalue weighted by molar-refractivity contribution is 5.97. The Morgan fingerprint density at radius 2 is 1.87 bits per heavy atom. The number of ether oxygens (including phenoxy) is 1. The minimum absolute atomic E-state index is 0.281. The molecule has 0 radical (unpaired) electrons. The van der Waals surface area contributed by atoms with Crippen molar-refractivity contribution in [3.63, 3.8) is 0 Å². The maximum atomic E-state index is 6.32. The fourth-order valence-corrected chi connectivity index (χ4v) is 5.22. The molecule has 1 aromatic carbocycles. The number of nitrogens with zero attached hydrogens (tertiary/aromatic N) is 6. The molecule has 1 aliphatic heterocycles. The van der Waals surface area contributed by atoms with Crippen molar-refractivity contribution in [1.29, 1.82) is 0 Å². The molecule has 5 rings (SSSR count). The van der Waals surface area contributed by atoms with Gasteiger partial charge in [-0.25, -0.2) is 9.67 Å². The normalized spacial score (nSPS) is 15.1. The van der Waals surface area contributed by atoms with E-state index in [2.05, 4.69) is 57.7 Å². The van der Waals surface area contributed by atoms with Gasteiger partial charge in [-0.3, -0.25) is 14.9 Å². The first-order valence-corrected chi connectivity index (χ1v) is 13.3. The molecule has 0 atom stereocenters. The highest BCUT2D eigenvalue weighted by Gasteiger charge is 2.25. The van der Waals surface area contributed by atoms with Crippen molar-refractivity contribution >= 4 is 35.2 Å². The molecular weight excluding hydrogens is 472 g/mol. The number of piperidine rings is 1. The second-order valence-corrected chi connectivity index (χ2v) is 10.7. The first-order chi connectivity index (χ1) is 18.3. The molecule has 0 amide bonds. The quantitative estimate of drug-likeness (QED) is 0.245. The van der Waals surface area contributed by atoms with Crippen LogP contribution in [0.4, 0.5) is 5.82 Å². The van der Waals surface area contributed by atoms with Gasteiger partial charge in [0.1, 0.15) is 11.4 Å². The van der Waals surface area contributed by atoms with E-state index in [1.54, 1.807) is 10.9 Å². The molecule has 196 valence electrons. The van der Waals surface area contributed by atoms with Crippen LogP contribution < -0.4 is 4.74 Å². The lowest BCUT2D eigenvalue weighted by atomic mass is 10.0. The molecular formula is C31H36N6O. The molecule has 7 heteroatoms. The van der Waals surface area contributed by atoms with E-state index in [0.717, 1.165) is 64.4 Å². The van der Waals surface area contributed by atoms with Crippen LogP contribution in [0, 0.1) is 6.92 Å². The smallest absolute Gasteiger partial charge is 0.162 e. The van der Waals surface area contributed by atoms with E-state index in [1.807, 2.05) is 56.6 Å². The number of allylic oxidation sites excluding steroid dienone is 1. The third-order valence-corrected chi connectivity index (χ3v) is 6.98. The zero-order valence-corrected chi connectivity index (χ0v) is 22.8. The van der Waals surface area contributed by atoms with E-state index in [4.69, 9.17) is 4.74 Å². The topological polar surface area (TPSA) is 68.4 Å². The monoisotopic (exact) mass is 508 g/mol. The van der Waals surface area contributed by atoms with Crippen LogP contribution in [-0.2, 0) is 0 Å². The summed E-state index contributed by atoms with van der Waals surface area (Å²) < 4.78 is 8.08. The van der Waals surface area contributed by atoms with E-state index >= 15 is 0 Å². The van der Waals surface area contributed by atoms with Crippen molar-refractivity contribution in [3.05, 3.63) is 66.2 Å². The Labute approximate surface area is 224 Å². The van der Waals surface area contributed by atoms with Crippen molar-refractivity contribution in [1.82, 2.24) is 24.6 Å². The van der Waals surface area contributed by atoms with Gasteiger partial charge >= 0.3 is 0 Å². The number of aliphatic imine (C=N–C) groups is 1. The van der Waals surface area contributed by atoms with E-state index in [0.29, 0.717) is 5.82 Å². The highest BCUT2D eigenvalue weighted by atomic mass is 16.5. The molecule has 7 nitrogen and oxygen atoms in total. The molecule has 3 aromatic heterocycles. The molecule has 38 heavy (non-hydrogen) atoms. The summed E-state index contributed by atoms with van der Waals surface area (Å²) in [6, 6.07) is 14.2. The van der Waals surface area contributed by atoms with Gasteiger partial charge in [-0.15, -0.1) is 0 Å². The van der Waals surface area contributed by atoms with Gasteiger partial charge in [0.25, 0.3) is 0 Å². The number of pyridine rings is 2. The van der Waals surface area contributed by atoms with Crippen LogP contribution in [0.1, 0.15) is 51.4 Å². The van der Waals surface area contributed by atoms with Crippen LogP contribution >= 0.6 is 0 Å². The van der Waals surface area contributed by atoms with E-state index in [9.17, 15) is 0 Å². The number of hydrogen-bond donors (Lipinski definition) is 0. The van der Waals surface area contributed by atoms with Crippen molar-refractivity contribution < 1.29 is 4.74 Å². The summed E-state index contributed by atoms with van der Waals surface area (Å²) in [6.07, 6.45) is 9.45. The summed E-state index contributed by atoms with van der Waals surface area (Å²) in [7, 11) is 0. The molecule has 0 bridgehead atoms. The fraction of sp³-hybridized carbons (Fsp3) is 0.355. The summed E-state index contributed by atoms with van der Waals surface area (Å²) in [5.74, 6) is 1.45. The summed E-state index contributed by atoms with van der Waals surface area (Å²) in [5.41, 5.74) is 5.40. The molecule has 0 spiro atoms. The molecule has 0 unspecified atom stereocenters. The Kier molecular flexibility index (Phi) is 7.38. The summed E-state index contributed by atoms with van der Waals surface area (Å²) in [6.45, 7) is 15.4. The molecule has 4 aromatic rings. The minimum atomic E-state index is -0.281. The zero-order valence-electron chi connectivity index (χ0n) is 22.8. The highest BCUT2D eigenvalue weighted by Crippen LogP contribution is 2.35. The molecule has 0 N–H and O–H groups in total. The van der Waals surface area contributed by atoms with Crippen molar-refractivity contribution in [2.75, 3.05) is 19.6 Å². The molecule has 1 aliphatic rings. The Morgan fingerprint density at radius 1 is 1.05 bits per heavy atom. The Bertz CT molecular complexity index is 1460. The van der Waals surface area contributed by atoms with Crippen molar-refractivity contribution in [3.8, 4) is 16.9 Å². The van der Waals surface area contributed by atoms with Gasteiger partial charge in [-0.1, -0.05) is 24.6 Å². The summed E-state index contributed by atoms with van der Waals surface area (Å²) in [4.78, 5) is 16.2. The molecule has 0 saturated carbocycles. The van der Waals surface area contributed by atoms with Gasteiger partial charge in [0.15, 0.2) is 5.82 Å². The number of fused-ring (bicyclic) bond motifs is 1.